The summed E-state index contributed by atoms with van der Waals surface area (Å²) >= 11 is 0. The van der Waals surface area contributed by atoms with Gasteiger partial charge in [0.25, 0.3) is 5.97 Å². The molecule has 0 radical (unpaired) electrons. The Morgan fingerprint density at radius 2 is 1.79 bits per heavy atom. The van der Waals surface area contributed by atoms with E-state index in [1.807, 2.05) is 6.92 Å². The molecule has 0 aromatic carbocycles. The lowest BCUT2D eigenvalue weighted by Crippen LogP contribution is -2.72. The minimum atomic E-state index is -2.18. The zero-order valence-corrected chi connectivity index (χ0v) is 23.2. The second-order valence-electron chi connectivity index (χ2n) is 13.0. The number of rotatable bonds is 10. The highest BCUT2D eigenvalue weighted by Gasteiger charge is 2.88. The Balaban J connectivity index is 1.41. The van der Waals surface area contributed by atoms with Crippen LogP contribution < -0.4 is 0 Å². The number of ketones is 1. The normalized spacial score (nSPS) is 51.8. The first kappa shape index (κ1) is 27.1. The number of fused-ring (bicyclic) bond motifs is 3. The summed E-state index contributed by atoms with van der Waals surface area (Å²) in [7, 11) is 0. The molecule has 3 N–H and O–H groups in total. The lowest BCUT2D eigenvalue weighted by molar-refractivity contribution is -0.430. The number of unbranched alkanes of at least 4 members (excludes halogenated alkanes) is 6. The maximum atomic E-state index is 13.5. The van der Waals surface area contributed by atoms with Gasteiger partial charge >= 0.3 is 0 Å². The molecule has 0 aromatic rings. The highest BCUT2D eigenvalue weighted by atomic mass is 16.9. The Bertz CT molecular complexity index is 1060. The molecule has 38 heavy (non-hydrogen) atoms. The van der Waals surface area contributed by atoms with Gasteiger partial charge in [-0.1, -0.05) is 65.0 Å². The van der Waals surface area contributed by atoms with E-state index >= 15 is 0 Å². The largest absolute Gasteiger partial charge is 0.393 e. The molecule has 3 bridgehead atoms. The van der Waals surface area contributed by atoms with E-state index in [0.29, 0.717) is 18.4 Å². The van der Waals surface area contributed by atoms with E-state index in [1.54, 1.807) is 13.0 Å². The molecule has 3 aliphatic heterocycles. The van der Waals surface area contributed by atoms with Crippen molar-refractivity contribution in [3.63, 3.8) is 0 Å². The lowest BCUT2D eigenvalue weighted by Gasteiger charge is -2.59. The molecular formula is C30H44O8. The van der Waals surface area contributed by atoms with Crippen molar-refractivity contribution in [2.24, 2.45) is 17.8 Å². The topological polar surface area (TPSA) is 118 Å². The number of ether oxygens (including phenoxy) is 4. The molecule has 11 atom stereocenters. The zero-order chi connectivity index (χ0) is 27.3. The molecule has 6 aliphatic rings. The number of hydrogen-bond donors (Lipinski definition) is 3. The number of carbonyl (C=O) groups is 1. The first-order valence-corrected chi connectivity index (χ1v) is 14.7. The van der Waals surface area contributed by atoms with Crippen LogP contribution in [0.4, 0.5) is 0 Å². The molecule has 8 nitrogen and oxygen atoms in total. The van der Waals surface area contributed by atoms with Crippen LogP contribution in [0.1, 0.15) is 85.5 Å². The zero-order valence-electron chi connectivity index (χ0n) is 23.2. The molecule has 8 heteroatoms. The van der Waals surface area contributed by atoms with Crippen molar-refractivity contribution < 1.29 is 39.1 Å². The van der Waals surface area contributed by atoms with E-state index in [-0.39, 0.29) is 5.92 Å². The molecule has 5 fully saturated rings. The second kappa shape index (κ2) is 8.68. The lowest BCUT2D eigenvalue weighted by atomic mass is 9.54. The maximum Gasteiger partial charge on any atom is 0.284 e. The molecule has 0 aromatic heterocycles. The predicted octanol–water partition coefficient (Wildman–Crippen LogP) is 3.32. The number of aliphatic hydroxyl groups excluding tert-OH is 2. The maximum absolute atomic E-state index is 13.5. The van der Waals surface area contributed by atoms with Crippen molar-refractivity contribution in [3.8, 4) is 0 Å². The Labute approximate surface area is 225 Å². The monoisotopic (exact) mass is 532 g/mol. The standard InChI is InChI=1S/C30H44O8/c1-6-7-8-9-10-11-12-13-28-36-23-21-24-27(16-31,35-24)25(33)29(34)20(14-18(4)22(29)32)30(21,38-28)19(5)15-26(23,37-28)17(2)3/h14,19-21,23-25,31,33-34H,2,6-13,15-16H2,1,3-5H3/t19-,20-,21?,23-,24+,25-,26-,27+,28-,29-,30+/m1/s1. The minimum Gasteiger partial charge on any atom is -0.393 e. The number of aliphatic hydroxyl groups is 3. The van der Waals surface area contributed by atoms with Gasteiger partial charge in [-0.05, 0) is 43.8 Å². The van der Waals surface area contributed by atoms with Gasteiger partial charge in [-0.25, -0.2) is 0 Å². The van der Waals surface area contributed by atoms with Crippen molar-refractivity contribution >= 4 is 5.78 Å². The average Bonchev–Trinajstić information content (AvgIpc) is 3.52. The van der Waals surface area contributed by atoms with Crippen LogP contribution in [0, 0.1) is 17.8 Å². The molecular weight excluding hydrogens is 488 g/mol. The summed E-state index contributed by atoms with van der Waals surface area (Å²) in [4.78, 5) is 13.5. The predicted molar refractivity (Wildman–Crippen MR) is 138 cm³/mol. The third kappa shape index (κ3) is 3.14. The van der Waals surface area contributed by atoms with Gasteiger partial charge in [0.15, 0.2) is 11.4 Å². The fourth-order valence-electron chi connectivity index (χ4n) is 8.83. The molecule has 212 valence electrons. The Morgan fingerprint density at radius 3 is 2.45 bits per heavy atom. The van der Waals surface area contributed by atoms with Crippen LogP contribution >= 0.6 is 0 Å². The molecule has 6 rings (SSSR count). The van der Waals surface area contributed by atoms with E-state index in [1.165, 1.54) is 25.7 Å². The van der Waals surface area contributed by atoms with Crippen LogP contribution in [0.25, 0.3) is 0 Å². The van der Waals surface area contributed by atoms with Crippen molar-refractivity contribution in [1.29, 1.82) is 0 Å². The smallest absolute Gasteiger partial charge is 0.284 e. The van der Waals surface area contributed by atoms with Crippen LogP contribution in [-0.2, 0) is 23.7 Å². The van der Waals surface area contributed by atoms with Gasteiger partial charge in [-0.2, -0.15) is 0 Å². The van der Waals surface area contributed by atoms with Crippen molar-refractivity contribution in [3.05, 3.63) is 23.8 Å². The first-order chi connectivity index (χ1) is 18.0. The fraction of sp³-hybridized carbons (Fsp3) is 0.833. The van der Waals surface area contributed by atoms with Gasteiger partial charge < -0.3 is 34.3 Å². The van der Waals surface area contributed by atoms with E-state index in [2.05, 4.69) is 20.4 Å². The van der Waals surface area contributed by atoms with E-state index < -0.39 is 70.9 Å². The third-order valence-electron chi connectivity index (χ3n) is 10.8. The van der Waals surface area contributed by atoms with Gasteiger partial charge in [0.05, 0.1) is 12.2 Å². The highest BCUT2D eigenvalue weighted by Crippen LogP contribution is 2.73. The van der Waals surface area contributed by atoms with Crippen molar-refractivity contribution in [2.45, 2.75) is 132 Å². The number of hydrogen-bond acceptors (Lipinski definition) is 8. The molecule has 3 aliphatic carbocycles. The quantitative estimate of drug-likeness (QED) is 0.223. The summed E-state index contributed by atoms with van der Waals surface area (Å²) in [6.07, 6.45) is 7.99. The van der Waals surface area contributed by atoms with Crippen LogP contribution in [0.3, 0.4) is 0 Å². The number of carbonyl (C=O) groups excluding carboxylic acids is 1. The minimum absolute atomic E-state index is 0.183. The van der Waals surface area contributed by atoms with Gasteiger partial charge in [0.1, 0.15) is 29.5 Å². The van der Waals surface area contributed by atoms with E-state index in [9.17, 15) is 20.1 Å². The summed E-state index contributed by atoms with van der Waals surface area (Å²) in [5, 5.41) is 34.1. The Kier molecular flexibility index (Phi) is 6.18. The molecule has 0 spiro atoms. The molecule has 3 saturated heterocycles. The summed E-state index contributed by atoms with van der Waals surface area (Å²) in [6, 6.07) is 0. The fourth-order valence-corrected chi connectivity index (χ4v) is 8.83. The van der Waals surface area contributed by atoms with Crippen LogP contribution in [0.15, 0.2) is 23.8 Å². The number of Topliss-reactive ketones (excluding diaryl/α,β-unsaturated/α-hetero) is 1. The number of epoxide rings is 1. The average molecular weight is 533 g/mol. The van der Waals surface area contributed by atoms with Crippen LogP contribution in [0.2, 0.25) is 0 Å². The van der Waals surface area contributed by atoms with Gasteiger partial charge in [-0.15, -0.1) is 0 Å². The van der Waals surface area contributed by atoms with Crippen LogP contribution in [0.5, 0.6) is 0 Å². The SMILES string of the molecule is C=C(C)[C@]12C[C@@H](C)[C@@]34O[C@](CCCCCCCCC)(O[C@@H]1C3[C@@H]1O[C@]1(CO)[C@@H](O)[C@]1(O)C(=O)C(C)=C[C@H]14)O2. The Morgan fingerprint density at radius 1 is 1.11 bits per heavy atom. The van der Waals surface area contributed by atoms with Gasteiger partial charge in [-0.3, -0.25) is 4.79 Å². The summed E-state index contributed by atoms with van der Waals surface area (Å²) in [5.74, 6) is -3.38. The summed E-state index contributed by atoms with van der Waals surface area (Å²) < 4.78 is 26.7. The second-order valence-corrected chi connectivity index (χ2v) is 13.0. The molecule has 0 amide bonds. The molecule has 3 heterocycles. The van der Waals surface area contributed by atoms with Crippen LogP contribution in [-0.4, -0.2) is 74.4 Å². The molecule has 1 unspecified atom stereocenters. The van der Waals surface area contributed by atoms with Crippen molar-refractivity contribution in [2.75, 3.05) is 6.61 Å². The molecule has 2 saturated carbocycles. The van der Waals surface area contributed by atoms with Gasteiger partial charge in [0.2, 0.25) is 0 Å². The van der Waals surface area contributed by atoms with E-state index in [4.69, 9.17) is 18.9 Å². The Hall–Kier alpha value is -1.13. The van der Waals surface area contributed by atoms with Gasteiger partial charge in [0, 0.05) is 18.3 Å². The highest BCUT2D eigenvalue weighted by molar-refractivity contribution is 6.05. The van der Waals surface area contributed by atoms with Crippen molar-refractivity contribution in [1.82, 2.24) is 0 Å². The first-order valence-electron chi connectivity index (χ1n) is 14.7. The third-order valence-corrected chi connectivity index (χ3v) is 10.8. The summed E-state index contributed by atoms with van der Waals surface area (Å²) in [6.45, 7) is 11.7. The van der Waals surface area contributed by atoms with E-state index in [0.717, 1.165) is 24.8 Å². The summed E-state index contributed by atoms with van der Waals surface area (Å²) in [5.41, 5.74) is -4.36.